The molecule has 5 heteroatoms. The molecule has 0 aliphatic heterocycles. The van der Waals surface area contributed by atoms with Crippen molar-refractivity contribution in [2.24, 2.45) is 0 Å². The van der Waals surface area contributed by atoms with Gasteiger partial charge in [-0.3, -0.25) is 0 Å². The number of anilines is 2. The molecule has 0 heterocycles. The molecule has 2 rings (SSSR count). The van der Waals surface area contributed by atoms with Crippen LogP contribution in [0, 0.1) is 13.8 Å². The maximum absolute atomic E-state index is 11.8. The summed E-state index contributed by atoms with van der Waals surface area (Å²) in [5, 5.41) is 6.81. The SMILES string of the molecule is Cc1ccc(C)c(NC(=S)Nc2ccc(C(=O)OC(C)C)cc2)c1. The monoisotopic (exact) mass is 342 g/mol. The average molecular weight is 342 g/mol. The molecule has 0 bridgehead atoms. The molecule has 2 aromatic carbocycles. The van der Waals surface area contributed by atoms with Crippen LogP contribution >= 0.6 is 12.2 Å². The Labute approximate surface area is 148 Å². The van der Waals surface area contributed by atoms with Gasteiger partial charge in [-0.25, -0.2) is 4.79 Å². The Hall–Kier alpha value is -2.40. The summed E-state index contributed by atoms with van der Waals surface area (Å²) in [5.41, 5.74) is 4.58. The second kappa shape index (κ2) is 7.93. The lowest BCUT2D eigenvalue weighted by atomic mass is 10.1. The van der Waals surface area contributed by atoms with E-state index in [0.717, 1.165) is 16.9 Å². The van der Waals surface area contributed by atoms with Gasteiger partial charge >= 0.3 is 5.97 Å². The number of hydrogen-bond donors (Lipinski definition) is 2. The Morgan fingerprint density at radius 3 is 2.33 bits per heavy atom. The molecule has 0 spiro atoms. The van der Waals surface area contributed by atoms with Crippen molar-refractivity contribution >= 4 is 34.7 Å². The molecule has 0 saturated heterocycles. The molecular weight excluding hydrogens is 320 g/mol. The second-order valence-corrected chi connectivity index (χ2v) is 6.34. The van der Waals surface area contributed by atoms with Crippen molar-refractivity contribution in [2.45, 2.75) is 33.8 Å². The minimum atomic E-state index is -0.326. The largest absolute Gasteiger partial charge is 0.459 e. The highest BCUT2D eigenvalue weighted by Gasteiger charge is 2.09. The quantitative estimate of drug-likeness (QED) is 0.624. The Bertz CT molecular complexity index is 740. The van der Waals surface area contributed by atoms with Crippen molar-refractivity contribution in [1.29, 1.82) is 0 Å². The predicted octanol–water partition coefficient (Wildman–Crippen LogP) is 4.68. The van der Waals surface area contributed by atoms with Gasteiger partial charge in [-0.2, -0.15) is 0 Å². The van der Waals surface area contributed by atoms with Crippen molar-refractivity contribution in [2.75, 3.05) is 10.6 Å². The third kappa shape index (κ3) is 5.06. The number of benzene rings is 2. The van der Waals surface area contributed by atoms with Crippen molar-refractivity contribution in [3.8, 4) is 0 Å². The Kier molecular flexibility index (Phi) is 5.93. The van der Waals surface area contributed by atoms with Crippen LogP contribution in [0.15, 0.2) is 42.5 Å². The minimum absolute atomic E-state index is 0.135. The molecule has 0 fully saturated rings. The molecule has 0 aromatic heterocycles. The van der Waals surface area contributed by atoms with Crippen molar-refractivity contribution < 1.29 is 9.53 Å². The molecular formula is C19H22N2O2S. The summed E-state index contributed by atoms with van der Waals surface area (Å²) in [5.74, 6) is -0.326. The highest BCUT2D eigenvalue weighted by atomic mass is 32.1. The molecule has 2 aromatic rings. The Morgan fingerprint density at radius 1 is 1.04 bits per heavy atom. The summed E-state index contributed by atoms with van der Waals surface area (Å²) < 4.78 is 5.16. The first-order chi connectivity index (χ1) is 11.3. The fraction of sp³-hybridized carbons (Fsp3) is 0.263. The van der Waals surface area contributed by atoms with Gasteiger partial charge in [-0.1, -0.05) is 12.1 Å². The van der Waals surface area contributed by atoms with E-state index in [2.05, 4.69) is 22.8 Å². The fourth-order valence-electron chi connectivity index (χ4n) is 2.13. The smallest absolute Gasteiger partial charge is 0.338 e. The maximum Gasteiger partial charge on any atom is 0.338 e. The van der Waals surface area contributed by atoms with E-state index in [0.29, 0.717) is 10.7 Å². The molecule has 0 unspecified atom stereocenters. The van der Waals surface area contributed by atoms with Crippen LogP contribution in [0.1, 0.15) is 35.3 Å². The zero-order valence-corrected chi connectivity index (χ0v) is 15.2. The third-order valence-corrected chi connectivity index (χ3v) is 3.57. The molecule has 0 saturated carbocycles. The molecule has 0 aliphatic rings. The first-order valence-corrected chi connectivity index (χ1v) is 8.22. The van der Waals surface area contributed by atoms with E-state index in [1.165, 1.54) is 5.56 Å². The number of esters is 1. The number of aryl methyl sites for hydroxylation is 2. The van der Waals surface area contributed by atoms with Crippen LogP contribution in [0.5, 0.6) is 0 Å². The lowest BCUT2D eigenvalue weighted by molar-refractivity contribution is 0.0378. The molecule has 2 N–H and O–H groups in total. The lowest BCUT2D eigenvalue weighted by Gasteiger charge is -2.13. The average Bonchev–Trinajstić information content (AvgIpc) is 2.51. The predicted molar refractivity (Wildman–Crippen MR) is 103 cm³/mol. The summed E-state index contributed by atoms with van der Waals surface area (Å²) in [6.45, 7) is 7.71. The zero-order valence-electron chi connectivity index (χ0n) is 14.3. The number of rotatable bonds is 4. The van der Waals surface area contributed by atoms with Crippen LogP contribution in [-0.2, 0) is 4.74 Å². The van der Waals surface area contributed by atoms with Crippen LogP contribution in [0.2, 0.25) is 0 Å². The highest BCUT2D eigenvalue weighted by molar-refractivity contribution is 7.80. The number of carbonyl (C=O) groups excluding carboxylic acids is 1. The van der Waals surface area contributed by atoms with Gasteiger partial charge in [0, 0.05) is 11.4 Å². The standard InChI is InChI=1S/C19H22N2O2S/c1-12(2)23-18(22)15-7-9-16(10-8-15)20-19(24)21-17-11-13(3)5-6-14(17)4/h5-12H,1-4H3,(H2,20,21,24). The highest BCUT2D eigenvalue weighted by Crippen LogP contribution is 2.17. The normalized spacial score (nSPS) is 10.4. The first-order valence-electron chi connectivity index (χ1n) is 7.81. The molecule has 0 radical (unpaired) electrons. The molecule has 4 nitrogen and oxygen atoms in total. The number of hydrogen-bond acceptors (Lipinski definition) is 3. The minimum Gasteiger partial charge on any atom is -0.459 e. The van der Waals surface area contributed by atoms with Crippen molar-refractivity contribution in [1.82, 2.24) is 0 Å². The first kappa shape index (κ1) is 17.9. The molecule has 0 aliphatic carbocycles. The van der Waals surface area contributed by atoms with E-state index in [1.807, 2.05) is 33.8 Å². The maximum atomic E-state index is 11.8. The molecule has 126 valence electrons. The number of ether oxygens (including phenoxy) is 1. The van der Waals surface area contributed by atoms with Crippen LogP contribution in [-0.4, -0.2) is 17.2 Å². The van der Waals surface area contributed by atoms with E-state index in [4.69, 9.17) is 17.0 Å². The van der Waals surface area contributed by atoms with Gasteiger partial charge in [0.2, 0.25) is 0 Å². The van der Waals surface area contributed by atoms with Gasteiger partial charge in [-0.05, 0) is 81.4 Å². The van der Waals surface area contributed by atoms with Crippen LogP contribution in [0.4, 0.5) is 11.4 Å². The van der Waals surface area contributed by atoms with Gasteiger partial charge in [0.1, 0.15) is 0 Å². The van der Waals surface area contributed by atoms with E-state index >= 15 is 0 Å². The summed E-state index contributed by atoms with van der Waals surface area (Å²) in [6.07, 6.45) is -0.135. The van der Waals surface area contributed by atoms with Crippen LogP contribution in [0.25, 0.3) is 0 Å². The summed E-state index contributed by atoms with van der Waals surface area (Å²) in [6, 6.07) is 13.2. The van der Waals surface area contributed by atoms with Crippen molar-refractivity contribution in [3.05, 3.63) is 59.2 Å². The van der Waals surface area contributed by atoms with Crippen LogP contribution in [0.3, 0.4) is 0 Å². The second-order valence-electron chi connectivity index (χ2n) is 5.93. The van der Waals surface area contributed by atoms with E-state index in [9.17, 15) is 4.79 Å². The van der Waals surface area contributed by atoms with E-state index < -0.39 is 0 Å². The Morgan fingerprint density at radius 2 is 1.71 bits per heavy atom. The van der Waals surface area contributed by atoms with Crippen LogP contribution < -0.4 is 10.6 Å². The van der Waals surface area contributed by atoms with E-state index in [1.54, 1.807) is 24.3 Å². The summed E-state index contributed by atoms with van der Waals surface area (Å²) >= 11 is 5.35. The molecule has 0 amide bonds. The summed E-state index contributed by atoms with van der Waals surface area (Å²) in [7, 11) is 0. The van der Waals surface area contributed by atoms with Gasteiger partial charge in [0.25, 0.3) is 0 Å². The third-order valence-electron chi connectivity index (χ3n) is 3.36. The van der Waals surface area contributed by atoms with Gasteiger partial charge < -0.3 is 15.4 Å². The summed E-state index contributed by atoms with van der Waals surface area (Å²) in [4.78, 5) is 11.8. The topological polar surface area (TPSA) is 50.4 Å². The van der Waals surface area contributed by atoms with Crippen molar-refractivity contribution in [3.63, 3.8) is 0 Å². The molecule has 24 heavy (non-hydrogen) atoms. The number of thiocarbonyl (C=S) groups is 1. The lowest BCUT2D eigenvalue weighted by Crippen LogP contribution is -2.19. The Balaban J connectivity index is 1.99. The van der Waals surface area contributed by atoms with E-state index in [-0.39, 0.29) is 12.1 Å². The van der Waals surface area contributed by atoms with Gasteiger partial charge in [0.15, 0.2) is 5.11 Å². The van der Waals surface area contributed by atoms with Gasteiger partial charge in [0.05, 0.1) is 11.7 Å². The van der Waals surface area contributed by atoms with Gasteiger partial charge in [-0.15, -0.1) is 0 Å². The fourth-order valence-corrected chi connectivity index (χ4v) is 2.35. The number of carbonyl (C=O) groups is 1. The molecule has 0 atom stereocenters. The number of nitrogens with one attached hydrogen (secondary N) is 2. The zero-order chi connectivity index (χ0) is 17.7.